The third kappa shape index (κ3) is 9.47. The number of morpholine rings is 1. The van der Waals surface area contributed by atoms with E-state index in [1.807, 2.05) is 32.9 Å². The van der Waals surface area contributed by atoms with Crippen LogP contribution in [0.4, 0.5) is 21.6 Å². The minimum absolute atomic E-state index is 0.0994. The van der Waals surface area contributed by atoms with Crippen LogP contribution in [0, 0.1) is 5.82 Å². The standard InChI is InChI=1S/C35H39FN6O5/c1-35(2,3)41-33(44)18-23-7-5-8-24(17-23)47-25-10-11-28(27(36)19-25)40-34-26-20-30(31(45-4)21-29(26)37-22-38-34)39-32(43)9-6-12-42-13-15-46-16-14-42/h5-11,17,19-22H,12-16,18H2,1-4H3,(H,39,43)(H,41,44)(H,37,38,40)/b9-6+. The number of amides is 2. The molecule has 47 heavy (non-hydrogen) atoms. The number of ether oxygens (including phenoxy) is 3. The first kappa shape index (κ1) is 33.3. The average Bonchev–Trinajstić information content (AvgIpc) is 3.02. The maximum atomic E-state index is 15.3. The van der Waals surface area contributed by atoms with Gasteiger partial charge in [0.05, 0.1) is 43.6 Å². The van der Waals surface area contributed by atoms with Crippen LogP contribution in [0.3, 0.4) is 0 Å². The maximum absolute atomic E-state index is 15.3. The largest absolute Gasteiger partial charge is 0.494 e. The minimum atomic E-state index is -0.567. The molecule has 0 bridgehead atoms. The predicted octanol–water partition coefficient (Wildman–Crippen LogP) is 5.60. The number of benzene rings is 3. The highest BCUT2D eigenvalue weighted by Crippen LogP contribution is 2.34. The Morgan fingerprint density at radius 2 is 1.81 bits per heavy atom. The molecule has 0 aliphatic carbocycles. The molecule has 0 spiro atoms. The van der Waals surface area contributed by atoms with Crippen molar-refractivity contribution in [3.63, 3.8) is 0 Å². The lowest BCUT2D eigenvalue weighted by Crippen LogP contribution is -2.41. The van der Waals surface area contributed by atoms with Crippen molar-refractivity contribution < 1.29 is 28.2 Å². The molecule has 1 saturated heterocycles. The fourth-order valence-corrected chi connectivity index (χ4v) is 5.01. The number of fused-ring (bicyclic) bond motifs is 1. The van der Waals surface area contributed by atoms with E-state index in [1.165, 1.54) is 25.6 Å². The maximum Gasteiger partial charge on any atom is 0.248 e. The van der Waals surface area contributed by atoms with Gasteiger partial charge in [-0.1, -0.05) is 18.2 Å². The number of hydrogen-bond acceptors (Lipinski definition) is 9. The summed E-state index contributed by atoms with van der Waals surface area (Å²) in [5.41, 5.74) is 1.56. The SMILES string of the molecule is COc1cc2ncnc(Nc3ccc(Oc4cccc(CC(=O)NC(C)(C)C)c4)cc3F)c2cc1NC(=O)/C=C/CN1CCOCC1. The molecule has 1 aliphatic rings. The first-order valence-electron chi connectivity index (χ1n) is 15.3. The summed E-state index contributed by atoms with van der Waals surface area (Å²) in [5.74, 6) is 0.539. The van der Waals surface area contributed by atoms with Crippen molar-refractivity contribution >= 4 is 39.9 Å². The second kappa shape index (κ2) is 15.0. The Bertz CT molecular complexity index is 1770. The first-order valence-corrected chi connectivity index (χ1v) is 15.3. The van der Waals surface area contributed by atoms with Gasteiger partial charge in [0.25, 0.3) is 0 Å². The molecule has 0 unspecified atom stereocenters. The quantitative estimate of drug-likeness (QED) is 0.179. The lowest BCUT2D eigenvalue weighted by Gasteiger charge is -2.25. The third-order valence-electron chi connectivity index (χ3n) is 7.16. The van der Waals surface area contributed by atoms with Crippen molar-refractivity contribution in [2.45, 2.75) is 32.7 Å². The molecule has 0 atom stereocenters. The number of hydrogen-bond donors (Lipinski definition) is 3. The zero-order valence-electron chi connectivity index (χ0n) is 26.9. The summed E-state index contributed by atoms with van der Waals surface area (Å²) in [7, 11) is 1.50. The molecule has 246 valence electrons. The highest BCUT2D eigenvalue weighted by Gasteiger charge is 2.16. The van der Waals surface area contributed by atoms with Gasteiger partial charge in [-0.05, 0) is 56.7 Å². The van der Waals surface area contributed by atoms with Gasteiger partial charge in [-0.3, -0.25) is 14.5 Å². The van der Waals surface area contributed by atoms with Gasteiger partial charge in [0.1, 0.15) is 35.2 Å². The van der Waals surface area contributed by atoms with E-state index in [0.717, 1.165) is 18.7 Å². The van der Waals surface area contributed by atoms with Crippen molar-refractivity contribution in [2.75, 3.05) is 50.6 Å². The summed E-state index contributed by atoms with van der Waals surface area (Å²) >= 11 is 0. The number of halogens is 1. The van der Waals surface area contributed by atoms with E-state index in [4.69, 9.17) is 14.2 Å². The number of rotatable bonds is 11. The van der Waals surface area contributed by atoms with Crippen LogP contribution in [-0.4, -0.2) is 72.2 Å². The normalized spacial score (nSPS) is 13.8. The van der Waals surface area contributed by atoms with Gasteiger partial charge in [-0.15, -0.1) is 0 Å². The molecule has 2 amide bonds. The summed E-state index contributed by atoms with van der Waals surface area (Å²) in [5, 5.41) is 9.38. The van der Waals surface area contributed by atoms with Crippen LogP contribution in [0.15, 0.2) is 73.1 Å². The molecule has 1 aromatic heterocycles. The lowest BCUT2D eigenvalue weighted by atomic mass is 10.1. The van der Waals surface area contributed by atoms with Crippen LogP contribution in [0.2, 0.25) is 0 Å². The second-order valence-corrected chi connectivity index (χ2v) is 12.1. The Morgan fingerprint density at radius 3 is 2.55 bits per heavy atom. The van der Waals surface area contributed by atoms with E-state index in [9.17, 15) is 9.59 Å². The smallest absolute Gasteiger partial charge is 0.248 e. The zero-order chi connectivity index (χ0) is 33.4. The van der Waals surface area contributed by atoms with Crippen molar-refractivity contribution in [3.05, 3.63) is 84.5 Å². The van der Waals surface area contributed by atoms with Crippen molar-refractivity contribution in [1.82, 2.24) is 20.2 Å². The van der Waals surface area contributed by atoms with Crippen molar-refractivity contribution in [1.29, 1.82) is 0 Å². The molecule has 3 aromatic carbocycles. The number of carbonyl (C=O) groups is 2. The fourth-order valence-electron chi connectivity index (χ4n) is 5.01. The predicted molar refractivity (Wildman–Crippen MR) is 179 cm³/mol. The Labute approximate surface area is 273 Å². The van der Waals surface area contributed by atoms with Crippen LogP contribution < -0.4 is 25.4 Å². The molecular weight excluding hydrogens is 603 g/mol. The number of anilines is 3. The monoisotopic (exact) mass is 642 g/mol. The van der Waals surface area contributed by atoms with Crippen LogP contribution in [-0.2, 0) is 20.7 Å². The molecule has 0 saturated carbocycles. The summed E-state index contributed by atoms with van der Waals surface area (Å²) in [4.78, 5) is 35.9. The Hall–Kier alpha value is -5.07. The highest BCUT2D eigenvalue weighted by molar-refractivity contribution is 6.03. The molecular formula is C35H39FN6O5. The van der Waals surface area contributed by atoms with E-state index >= 15 is 4.39 Å². The van der Waals surface area contributed by atoms with Gasteiger partial charge in [-0.25, -0.2) is 14.4 Å². The molecule has 2 heterocycles. The fraction of sp³-hybridized carbons (Fsp3) is 0.314. The van der Waals surface area contributed by atoms with E-state index in [0.29, 0.717) is 53.7 Å². The van der Waals surface area contributed by atoms with E-state index in [1.54, 1.807) is 42.5 Å². The van der Waals surface area contributed by atoms with E-state index in [-0.39, 0.29) is 35.2 Å². The number of nitrogens with one attached hydrogen (secondary N) is 3. The van der Waals surface area contributed by atoms with Gasteiger partial charge in [0, 0.05) is 48.8 Å². The first-order chi connectivity index (χ1) is 22.6. The number of aromatic nitrogens is 2. The molecule has 3 N–H and O–H groups in total. The van der Waals surface area contributed by atoms with Gasteiger partial charge in [0.15, 0.2) is 0 Å². The third-order valence-corrected chi connectivity index (χ3v) is 7.16. The number of methoxy groups -OCH3 is 1. The van der Waals surface area contributed by atoms with Crippen molar-refractivity contribution in [3.8, 4) is 17.2 Å². The number of carbonyl (C=O) groups excluding carboxylic acids is 2. The van der Waals surface area contributed by atoms with Crippen LogP contribution >= 0.6 is 0 Å². The molecule has 11 nitrogen and oxygen atoms in total. The molecule has 4 aromatic rings. The molecule has 5 rings (SSSR count). The van der Waals surface area contributed by atoms with E-state index < -0.39 is 5.82 Å². The van der Waals surface area contributed by atoms with Gasteiger partial charge in [0.2, 0.25) is 11.8 Å². The molecule has 12 heteroatoms. The summed E-state index contributed by atoms with van der Waals surface area (Å²) < 4.78 is 32.1. The van der Waals surface area contributed by atoms with Gasteiger partial charge in [-0.2, -0.15) is 0 Å². The topological polar surface area (TPSA) is 127 Å². The molecule has 0 radical (unpaired) electrons. The van der Waals surface area contributed by atoms with Gasteiger partial charge >= 0.3 is 0 Å². The Kier molecular flexibility index (Phi) is 10.6. The summed E-state index contributed by atoms with van der Waals surface area (Å²) in [6.45, 7) is 9.43. The van der Waals surface area contributed by atoms with Crippen molar-refractivity contribution in [2.24, 2.45) is 0 Å². The summed E-state index contributed by atoms with van der Waals surface area (Å²) in [6.07, 6.45) is 4.85. The minimum Gasteiger partial charge on any atom is -0.494 e. The van der Waals surface area contributed by atoms with Gasteiger partial charge < -0.3 is 30.2 Å². The van der Waals surface area contributed by atoms with Crippen LogP contribution in [0.25, 0.3) is 10.9 Å². The lowest BCUT2D eigenvalue weighted by molar-refractivity contribution is -0.121. The second-order valence-electron chi connectivity index (χ2n) is 12.1. The van der Waals surface area contributed by atoms with E-state index in [2.05, 4.69) is 30.8 Å². The molecule has 1 fully saturated rings. The zero-order valence-corrected chi connectivity index (χ0v) is 26.9. The average molecular weight is 643 g/mol. The Balaban J connectivity index is 1.28. The number of nitrogens with zero attached hydrogens (tertiary/aromatic N) is 3. The Morgan fingerprint density at radius 1 is 1.02 bits per heavy atom. The van der Waals surface area contributed by atoms with Crippen LogP contribution in [0.5, 0.6) is 17.2 Å². The summed E-state index contributed by atoms with van der Waals surface area (Å²) in [6, 6.07) is 14.9. The molecule has 1 aliphatic heterocycles. The highest BCUT2D eigenvalue weighted by atomic mass is 19.1. The van der Waals surface area contributed by atoms with Crippen LogP contribution in [0.1, 0.15) is 26.3 Å².